The molecule has 0 bridgehead atoms. The molecule has 0 fully saturated rings. The fourth-order valence-electron chi connectivity index (χ4n) is 1.49. The Balaban J connectivity index is 2.46. The van der Waals surface area contributed by atoms with Gasteiger partial charge in [0, 0.05) is 41.3 Å². The second kappa shape index (κ2) is 3.96. The molecule has 1 aromatic rings. The summed E-state index contributed by atoms with van der Waals surface area (Å²) in [6, 6.07) is 6.41. The second-order valence-corrected chi connectivity index (χ2v) is 5.62. The number of nitrogens with zero attached hydrogens (tertiary/aromatic N) is 1. The molecule has 1 aromatic carbocycles. The molecule has 2 N–H and O–H groups in total. The van der Waals surface area contributed by atoms with E-state index in [1.165, 1.54) is 11.3 Å². The highest BCUT2D eigenvalue weighted by atomic mass is 127. The Morgan fingerprint density at radius 2 is 2.38 bits per heavy atom. The Hall–Kier alpha value is 0.540. The van der Waals surface area contributed by atoms with Crippen LogP contribution in [0.4, 0.5) is 5.69 Å². The minimum absolute atomic E-state index is 0.158. The summed E-state index contributed by atoms with van der Waals surface area (Å²) in [6.07, 6.45) is 0. The van der Waals surface area contributed by atoms with Crippen LogP contribution in [-0.4, -0.2) is 6.54 Å². The Kier molecular flexibility index (Phi) is 3.07. The normalized spacial score (nSPS) is 20.5. The van der Waals surface area contributed by atoms with Gasteiger partial charge in [0.1, 0.15) is 0 Å². The molecule has 0 spiro atoms. The van der Waals surface area contributed by atoms with Crippen molar-refractivity contribution < 1.29 is 0 Å². The lowest BCUT2D eigenvalue weighted by atomic mass is 10.1. The Morgan fingerprint density at radius 3 is 3.08 bits per heavy atom. The van der Waals surface area contributed by atoms with Crippen LogP contribution in [-0.2, 0) is 0 Å². The quantitative estimate of drug-likeness (QED) is 0.607. The van der Waals surface area contributed by atoms with Crippen LogP contribution in [0, 0.1) is 0 Å². The third-order valence-electron chi connectivity index (χ3n) is 2.11. The van der Waals surface area contributed by atoms with Gasteiger partial charge in [0.05, 0.1) is 11.7 Å². The highest BCUT2D eigenvalue weighted by Gasteiger charge is 2.25. The van der Waals surface area contributed by atoms with Gasteiger partial charge in [-0.1, -0.05) is 22.0 Å². The molecule has 1 aliphatic heterocycles. The molecule has 0 aliphatic carbocycles. The first-order valence-corrected chi connectivity index (χ1v) is 7.94. The highest BCUT2D eigenvalue weighted by Crippen LogP contribution is 2.40. The molecule has 0 aromatic heterocycles. The fraction of sp³-hybridized carbons (Fsp3) is 0.250. The summed E-state index contributed by atoms with van der Waals surface area (Å²) in [5, 5.41) is 0. The smallest absolute Gasteiger partial charge is 0.0537 e. The third kappa shape index (κ3) is 1.84. The zero-order chi connectivity index (χ0) is 9.42. The third-order valence-corrected chi connectivity index (χ3v) is 4.54. The van der Waals surface area contributed by atoms with E-state index in [4.69, 9.17) is 5.73 Å². The summed E-state index contributed by atoms with van der Waals surface area (Å²) in [4.78, 5) is 0. The molecule has 0 amide bonds. The van der Waals surface area contributed by atoms with Crippen molar-refractivity contribution in [1.29, 1.82) is 0 Å². The van der Waals surface area contributed by atoms with Crippen LogP contribution in [0.3, 0.4) is 0 Å². The minimum Gasteiger partial charge on any atom is -0.322 e. The van der Waals surface area contributed by atoms with Gasteiger partial charge < -0.3 is 10.0 Å². The maximum Gasteiger partial charge on any atom is 0.0537 e. The average Bonchev–Trinajstić information content (AvgIpc) is 2.42. The van der Waals surface area contributed by atoms with Crippen LogP contribution < -0.4 is 10.0 Å². The van der Waals surface area contributed by atoms with Gasteiger partial charge in [0.25, 0.3) is 0 Å². The second-order valence-electron chi connectivity index (χ2n) is 2.94. The lowest BCUT2D eigenvalue weighted by molar-refractivity contribution is 0.791. The minimum atomic E-state index is 0.158. The molecule has 1 atom stereocenters. The van der Waals surface area contributed by atoms with E-state index in [0.29, 0.717) is 0 Å². The highest BCUT2D eigenvalue weighted by molar-refractivity contribution is 14.2. The monoisotopic (exact) mass is 370 g/mol. The molecule has 0 saturated carbocycles. The van der Waals surface area contributed by atoms with Gasteiger partial charge in [-0.05, 0) is 17.7 Å². The van der Waals surface area contributed by atoms with Crippen LogP contribution >= 0.6 is 46.3 Å². The summed E-state index contributed by atoms with van der Waals surface area (Å²) in [7, 11) is 1.69. The number of fused-ring (bicyclic) bond motifs is 1. The zero-order valence-corrected chi connectivity index (χ0v) is 11.3. The maximum absolute atomic E-state index is 5.99. The molecule has 70 valence electrons. The summed E-state index contributed by atoms with van der Waals surface area (Å²) in [5.41, 5.74) is 8.47. The van der Waals surface area contributed by atoms with E-state index in [2.05, 4.69) is 53.6 Å². The number of halogens is 2. The molecular weight excluding hydrogens is 363 g/mol. The van der Waals surface area contributed by atoms with Crippen molar-refractivity contribution in [2.45, 2.75) is 6.04 Å². The number of anilines is 1. The predicted octanol–water partition coefficient (Wildman–Crippen LogP) is 3.27. The molecule has 0 radical (unpaired) electrons. The lowest BCUT2D eigenvalue weighted by Gasteiger charge is -2.13. The van der Waals surface area contributed by atoms with E-state index >= 15 is 0 Å². The Morgan fingerprint density at radius 1 is 1.62 bits per heavy atom. The molecule has 0 saturated heterocycles. The van der Waals surface area contributed by atoms with Gasteiger partial charge in [-0.15, -0.1) is 0 Å². The molecule has 1 unspecified atom stereocenters. The molecule has 1 heterocycles. The number of hydrogen-bond acceptors (Lipinski definition) is 3. The first-order chi connectivity index (χ1) is 6.22. The van der Waals surface area contributed by atoms with Gasteiger partial charge in [-0.25, -0.2) is 0 Å². The van der Waals surface area contributed by atoms with E-state index in [-0.39, 0.29) is 6.04 Å². The Labute approximate surface area is 102 Å². The fourth-order valence-corrected chi connectivity index (χ4v) is 3.40. The van der Waals surface area contributed by atoms with Crippen molar-refractivity contribution in [3.05, 3.63) is 28.2 Å². The van der Waals surface area contributed by atoms with Crippen LogP contribution in [0.25, 0.3) is 0 Å². The van der Waals surface area contributed by atoms with E-state index in [9.17, 15) is 0 Å². The SMILES string of the molecule is NC1CN(SI)c2cc(Br)ccc21. The van der Waals surface area contributed by atoms with Gasteiger partial charge >= 0.3 is 0 Å². The first-order valence-electron chi connectivity index (χ1n) is 3.83. The van der Waals surface area contributed by atoms with Crippen molar-refractivity contribution >= 4 is 51.9 Å². The summed E-state index contributed by atoms with van der Waals surface area (Å²) in [6.45, 7) is 0.902. The average molecular weight is 371 g/mol. The number of nitrogens with two attached hydrogens (primary N) is 1. The standard InChI is InChI=1S/C8H8BrIN2S/c9-5-1-2-6-7(11)4-12(13-10)8(6)3-5/h1-3,7H,4,11H2. The summed E-state index contributed by atoms with van der Waals surface area (Å²) in [5.74, 6) is 0. The zero-order valence-electron chi connectivity index (χ0n) is 6.71. The molecule has 13 heavy (non-hydrogen) atoms. The maximum atomic E-state index is 5.99. The largest absolute Gasteiger partial charge is 0.322 e. The molecule has 5 heteroatoms. The van der Waals surface area contributed by atoms with Crippen LogP contribution in [0.1, 0.15) is 11.6 Å². The summed E-state index contributed by atoms with van der Waals surface area (Å²) < 4.78 is 3.32. The van der Waals surface area contributed by atoms with Crippen molar-refractivity contribution in [3.8, 4) is 0 Å². The van der Waals surface area contributed by atoms with Crippen molar-refractivity contribution in [1.82, 2.24) is 0 Å². The van der Waals surface area contributed by atoms with Gasteiger partial charge in [0.15, 0.2) is 0 Å². The van der Waals surface area contributed by atoms with E-state index < -0.39 is 0 Å². The van der Waals surface area contributed by atoms with Gasteiger partial charge in [-0.3, -0.25) is 0 Å². The Bertz CT molecular complexity index is 334. The first kappa shape index (κ1) is 10.1. The molecule has 1 aliphatic rings. The van der Waals surface area contributed by atoms with Crippen molar-refractivity contribution in [3.63, 3.8) is 0 Å². The van der Waals surface area contributed by atoms with Crippen LogP contribution in [0.2, 0.25) is 0 Å². The van der Waals surface area contributed by atoms with Crippen LogP contribution in [0.15, 0.2) is 22.7 Å². The molecule has 2 rings (SSSR count). The van der Waals surface area contributed by atoms with E-state index in [0.717, 1.165) is 11.0 Å². The summed E-state index contributed by atoms with van der Waals surface area (Å²) >= 11 is 5.74. The van der Waals surface area contributed by atoms with E-state index in [1.54, 1.807) is 9.12 Å². The van der Waals surface area contributed by atoms with Gasteiger partial charge in [0.2, 0.25) is 0 Å². The van der Waals surface area contributed by atoms with Crippen LogP contribution in [0.5, 0.6) is 0 Å². The topological polar surface area (TPSA) is 29.3 Å². The van der Waals surface area contributed by atoms with E-state index in [1.807, 2.05) is 6.07 Å². The van der Waals surface area contributed by atoms with Crippen molar-refractivity contribution in [2.24, 2.45) is 5.73 Å². The van der Waals surface area contributed by atoms with Crippen molar-refractivity contribution in [2.75, 3.05) is 10.8 Å². The van der Waals surface area contributed by atoms with Gasteiger partial charge in [-0.2, -0.15) is 0 Å². The number of benzene rings is 1. The lowest BCUT2D eigenvalue weighted by Crippen LogP contribution is -2.16. The number of rotatable bonds is 1. The molecular formula is C8H8BrIN2S. The molecule has 2 nitrogen and oxygen atoms in total. The number of hydrogen-bond donors (Lipinski definition) is 1. The predicted molar refractivity (Wildman–Crippen MR) is 70.0 cm³/mol.